The molecule has 7 heteroatoms. The average Bonchev–Trinajstić information content (AvgIpc) is 2.47. The first kappa shape index (κ1) is 16.2. The molecule has 1 aliphatic rings. The van der Waals surface area contributed by atoms with Crippen molar-refractivity contribution in [3.63, 3.8) is 0 Å². The molecule has 0 bridgehead atoms. The van der Waals surface area contributed by atoms with Crippen LogP contribution in [0.1, 0.15) is 37.0 Å². The first-order valence-corrected chi connectivity index (χ1v) is 7.23. The topological polar surface area (TPSA) is 102 Å². The Morgan fingerprint density at radius 3 is 2.64 bits per heavy atom. The summed E-state index contributed by atoms with van der Waals surface area (Å²) in [6, 6.07) is 3.49. The van der Waals surface area contributed by atoms with Crippen LogP contribution in [0.3, 0.4) is 0 Å². The van der Waals surface area contributed by atoms with Gasteiger partial charge in [-0.2, -0.15) is 0 Å². The SMILES string of the molecule is CC(C)(OC(=O)c1ccc(O)c([N+](=O)[O-])c1)C1CCNCC1. The molecule has 22 heavy (non-hydrogen) atoms. The number of ether oxygens (including phenoxy) is 1. The molecule has 2 N–H and O–H groups in total. The molecule has 0 aromatic heterocycles. The number of nitro groups is 1. The summed E-state index contributed by atoms with van der Waals surface area (Å²) in [6.45, 7) is 5.48. The van der Waals surface area contributed by atoms with E-state index in [1.54, 1.807) is 0 Å². The van der Waals surface area contributed by atoms with Gasteiger partial charge >= 0.3 is 11.7 Å². The molecular formula is C15H20N2O5. The summed E-state index contributed by atoms with van der Waals surface area (Å²) in [6.07, 6.45) is 1.83. The minimum atomic E-state index is -0.732. The van der Waals surface area contributed by atoms with Gasteiger partial charge in [0.05, 0.1) is 10.5 Å². The van der Waals surface area contributed by atoms with Crippen LogP contribution in [0.2, 0.25) is 0 Å². The molecule has 0 amide bonds. The van der Waals surface area contributed by atoms with Gasteiger partial charge < -0.3 is 15.2 Å². The quantitative estimate of drug-likeness (QED) is 0.502. The average molecular weight is 308 g/mol. The van der Waals surface area contributed by atoms with Crippen molar-refractivity contribution in [2.24, 2.45) is 5.92 Å². The van der Waals surface area contributed by atoms with Gasteiger partial charge in [-0.1, -0.05) is 0 Å². The van der Waals surface area contributed by atoms with E-state index in [4.69, 9.17) is 4.74 Å². The van der Waals surface area contributed by atoms with E-state index in [9.17, 15) is 20.0 Å². The molecule has 0 unspecified atom stereocenters. The molecule has 7 nitrogen and oxygen atoms in total. The second-order valence-electron chi connectivity index (χ2n) is 5.98. The number of hydrogen-bond acceptors (Lipinski definition) is 6. The van der Waals surface area contributed by atoms with E-state index in [1.807, 2.05) is 13.8 Å². The van der Waals surface area contributed by atoms with Crippen LogP contribution in [0.4, 0.5) is 5.69 Å². The zero-order valence-electron chi connectivity index (χ0n) is 12.7. The van der Waals surface area contributed by atoms with E-state index in [0.29, 0.717) is 0 Å². The number of piperidine rings is 1. The molecular weight excluding hydrogens is 288 g/mol. The van der Waals surface area contributed by atoms with Crippen molar-refractivity contribution >= 4 is 11.7 Å². The number of phenols is 1. The number of nitrogens with one attached hydrogen (secondary N) is 1. The molecule has 0 radical (unpaired) electrons. The number of benzene rings is 1. The number of rotatable bonds is 4. The van der Waals surface area contributed by atoms with Gasteiger partial charge in [0, 0.05) is 12.0 Å². The third-order valence-corrected chi connectivity index (χ3v) is 4.09. The summed E-state index contributed by atoms with van der Waals surface area (Å²) in [4.78, 5) is 22.3. The van der Waals surface area contributed by atoms with Gasteiger partial charge in [0.1, 0.15) is 5.60 Å². The van der Waals surface area contributed by atoms with E-state index in [2.05, 4.69) is 5.32 Å². The summed E-state index contributed by atoms with van der Waals surface area (Å²) in [5.74, 6) is -0.851. The molecule has 0 saturated carbocycles. The maximum atomic E-state index is 12.2. The zero-order valence-corrected chi connectivity index (χ0v) is 12.7. The summed E-state index contributed by atoms with van der Waals surface area (Å²) in [7, 11) is 0. The third-order valence-electron chi connectivity index (χ3n) is 4.09. The number of phenolic OH excluding ortho intramolecular Hbond substituents is 1. The molecule has 1 aromatic rings. The normalized spacial score (nSPS) is 16.3. The van der Waals surface area contributed by atoms with Gasteiger partial charge in [0.15, 0.2) is 5.75 Å². The predicted molar refractivity (Wildman–Crippen MR) is 79.8 cm³/mol. The van der Waals surface area contributed by atoms with E-state index >= 15 is 0 Å². The molecule has 0 atom stereocenters. The molecule has 120 valence electrons. The highest BCUT2D eigenvalue weighted by molar-refractivity contribution is 5.90. The van der Waals surface area contributed by atoms with E-state index in [-0.39, 0.29) is 11.5 Å². The second kappa shape index (κ2) is 6.31. The van der Waals surface area contributed by atoms with Crippen molar-refractivity contribution in [3.05, 3.63) is 33.9 Å². The van der Waals surface area contributed by atoms with Gasteiger partial charge in [-0.3, -0.25) is 10.1 Å². The van der Waals surface area contributed by atoms with Gasteiger partial charge in [0.2, 0.25) is 0 Å². The molecule has 1 saturated heterocycles. The monoisotopic (exact) mass is 308 g/mol. The predicted octanol–water partition coefficient (Wildman–Crippen LogP) is 2.24. The standard InChI is InChI=1S/C15H20N2O5/c1-15(2,11-5-7-16-8-6-11)22-14(19)10-3-4-13(18)12(9-10)17(20)21/h3-4,9,11,16,18H,5-8H2,1-2H3. The van der Waals surface area contributed by atoms with Crippen LogP contribution >= 0.6 is 0 Å². The largest absolute Gasteiger partial charge is 0.502 e. The Bertz CT molecular complexity index is 579. The maximum Gasteiger partial charge on any atom is 0.338 e. The molecule has 0 spiro atoms. The van der Waals surface area contributed by atoms with Crippen molar-refractivity contribution in [2.45, 2.75) is 32.3 Å². The van der Waals surface area contributed by atoms with Crippen molar-refractivity contribution in [3.8, 4) is 5.75 Å². The first-order chi connectivity index (χ1) is 10.3. The van der Waals surface area contributed by atoms with Gasteiger partial charge in [-0.15, -0.1) is 0 Å². The van der Waals surface area contributed by atoms with Crippen LogP contribution in [-0.2, 0) is 4.74 Å². The summed E-state index contributed by atoms with van der Waals surface area (Å²) < 4.78 is 5.57. The molecule has 1 aromatic carbocycles. The Balaban J connectivity index is 2.14. The maximum absolute atomic E-state index is 12.2. The smallest absolute Gasteiger partial charge is 0.338 e. The fourth-order valence-electron chi connectivity index (χ4n) is 2.69. The summed E-state index contributed by atoms with van der Waals surface area (Å²) in [5.41, 5.74) is -1.09. The Hall–Kier alpha value is -2.15. The van der Waals surface area contributed by atoms with Gasteiger partial charge in [-0.25, -0.2) is 4.79 Å². The fourth-order valence-corrected chi connectivity index (χ4v) is 2.69. The van der Waals surface area contributed by atoms with E-state index in [1.165, 1.54) is 6.07 Å². The molecule has 2 rings (SSSR count). The molecule has 1 aliphatic heterocycles. The molecule has 0 aliphatic carbocycles. The number of nitrogens with zero attached hydrogens (tertiary/aromatic N) is 1. The van der Waals surface area contributed by atoms with Gasteiger partial charge in [-0.05, 0) is 51.9 Å². The number of nitro benzene ring substituents is 1. The summed E-state index contributed by atoms with van der Waals surface area (Å²) in [5, 5.41) is 23.5. The number of carbonyl (C=O) groups excluding carboxylic acids is 1. The highest BCUT2D eigenvalue weighted by Gasteiger charge is 2.34. The minimum absolute atomic E-state index is 0.0616. The van der Waals surface area contributed by atoms with Crippen LogP contribution in [0, 0.1) is 16.0 Å². The number of esters is 1. The Labute approximate surface area is 128 Å². The van der Waals surface area contributed by atoms with Crippen molar-refractivity contribution in [1.82, 2.24) is 5.32 Å². The summed E-state index contributed by atoms with van der Waals surface area (Å²) >= 11 is 0. The highest BCUT2D eigenvalue weighted by atomic mass is 16.6. The van der Waals surface area contributed by atoms with Crippen LogP contribution in [0.15, 0.2) is 18.2 Å². The van der Waals surface area contributed by atoms with Crippen LogP contribution in [-0.4, -0.2) is 34.7 Å². The van der Waals surface area contributed by atoms with Gasteiger partial charge in [0.25, 0.3) is 0 Å². The lowest BCUT2D eigenvalue weighted by Gasteiger charge is -2.36. The zero-order chi connectivity index (χ0) is 16.3. The Kier molecular flexibility index (Phi) is 4.65. The van der Waals surface area contributed by atoms with Crippen LogP contribution in [0.5, 0.6) is 5.75 Å². The number of carbonyl (C=O) groups is 1. The lowest BCUT2D eigenvalue weighted by molar-refractivity contribution is -0.385. The first-order valence-electron chi connectivity index (χ1n) is 7.23. The van der Waals surface area contributed by atoms with E-state index in [0.717, 1.165) is 38.1 Å². The number of hydrogen-bond donors (Lipinski definition) is 2. The number of aromatic hydroxyl groups is 1. The lowest BCUT2D eigenvalue weighted by atomic mass is 9.83. The molecule has 1 fully saturated rings. The third kappa shape index (κ3) is 3.54. The van der Waals surface area contributed by atoms with E-state index < -0.39 is 27.9 Å². The van der Waals surface area contributed by atoms with Crippen LogP contribution in [0.25, 0.3) is 0 Å². The highest BCUT2D eigenvalue weighted by Crippen LogP contribution is 2.31. The van der Waals surface area contributed by atoms with Crippen LogP contribution < -0.4 is 5.32 Å². The minimum Gasteiger partial charge on any atom is -0.502 e. The van der Waals surface area contributed by atoms with Crippen molar-refractivity contribution in [2.75, 3.05) is 13.1 Å². The fraction of sp³-hybridized carbons (Fsp3) is 0.533. The lowest BCUT2D eigenvalue weighted by Crippen LogP contribution is -2.42. The van der Waals surface area contributed by atoms with Crippen molar-refractivity contribution < 1.29 is 19.6 Å². The second-order valence-corrected chi connectivity index (χ2v) is 5.98. The van der Waals surface area contributed by atoms with Crippen molar-refractivity contribution in [1.29, 1.82) is 0 Å². The Morgan fingerprint density at radius 2 is 2.05 bits per heavy atom. The Morgan fingerprint density at radius 1 is 1.41 bits per heavy atom. The molecule has 1 heterocycles.